The maximum absolute atomic E-state index is 10.8. The highest BCUT2D eigenvalue weighted by atomic mass is 16.6. The lowest BCUT2D eigenvalue weighted by Gasteiger charge is -2.16. The van der Waals surface area contributed by atoms with Gasteiger partial charge in [0.15, 0.2) is 0 Å². The molecule has 0 radical (unpaired) electrons. The normalized spacial score (nSPS) is 18.9. The lowest BCUT2D eigenvalue weighted by atomic mass is 10.1. The fourth-order valence-corrected chi connectivity index (χ4v) is 1.96. The quantitative estimate of drug-likeness (QED) is 0.592. The Kier molecular flexibility index (Phi) is 3.00. The average molecular weight is 252 g/mol. The number of hydrogen-bond donors (Lipinski definition) is 2. The molecule has 8 nitrogen and oxygen atoms in total. The summed E-state index contributed by atoms with van der Waals surface area (Å²) in [5, 5.41) is 19.5. The first kappa shape index (κ1) is 12.1. The third kappa shape index (κ3) is 2.17. The highest BCUT2D eigenvalue weighted by Gasteiger charge is 2.29. The lowest BCUT2D eigenvalue weighted by Crippen LogP contribution is -2.23. The van der Waals surface area contributed by atoms with Gasteiger partial charge in [0.1, 0.15) is 5.82 Å². The lowest BCUT2D eigenvalue weighted by molar-refractivity contribution is -0.384. The van der Waals surface area contributed by atoms with Crippen molar-refractivity contribution in [1.82, 2.24) is 4.98 Å². The second-order valence-corrected chi connectivity index (χ2v) is 4.10. The monoisotopic (exact) mass is 252 g/mol. The van der Waals surface area contributed by atoms with Crippen LogP contribution in [0.3, 0.4) is 0 Å². The molecule has 1 aliphatic heterocycles. The fraction of sp³-hybridized carbons (Fsp3) is 0.400. The van der Waals surface area contributed by atoms with Crippen molar-refractivity contribution >= 4 is 23.3 Å². The molecule has 1 unspecified atom stereocenters. The summed E-state index contributed by atoms with van der Waals surface area (Å²) in [5.74, 6) is -0.950. The van der Waals surface area contributed by atoms with E-state index in [2.05, 4.69) is 4.98 Å². The second kappa shape index (κ2) is 4.47. The molecular formula is C10H12N4O4. The molecule has 2 rings (SSSR count). The Bertz CT molecular complexity index is 505. The van der Waals surface area contributed by atoms with Gasteiger partial charge in [-0.05, 0) is 12.5 Å². The van der Waals surface area contributed by atoms with Gasteiger partial charge in [-0.2, -0.15) is 0 Å². The second-order valence-electron chi connectivity index (χ2n) is 4.10. The summed E-state index contributed by atoms with van der Waals surface area (Å²) in [5.41, 5.74) is 5.25. The summed E-state index contributed by atoms with van der Waals surface area (Å²) in [6.45, 7) is 0.904. The molecule has 0 aromatic carbocycles. The SMILES string of the molecule is Nc1nc(N2CCC(C(=O)O)C2)ccc1[N+](=O)[O-]. The molecule has 1 aromatic heterocycles. The Morgan fingerprint density at radius 1 is 1.61 bits per heavy atom. The first-order chi connectivity index (χ1) is 8.49. The van der Waals surface area contributed by atoms with Crippen LogP contribution in [0.1, 0.15) is 6.42 Å². The van der Waals surface area contributed by atoms with Crippen molar-refractivity contribution in [3.05, 3.63) is 22.2 Å². The van der Waals surface area contributed by atoms with Crippen LogP contribution in [0, 0.1) is 16.0 Å². The number of nitro groups is 1. The summed E-state index contributed by atoms with van der Waals surface area (Å²) in [7, 11) is 0. The van der Waals surface area contributed by atoms with Crippen molar-refractivity contribution < 1.29 is 14.8 Å². The number of carboxylic acid groups (broad SMARTS) is 1. The Hall–Kier alpha value is -2.38. The largest absolute Gasteiger partial charge is 0.481 e. The standard InChI is InChI=1S/C10H12N4O4/c11-9-7(14(17)18)1-2-8(12-9)13-4-3-6(5-13)10(15)16/h1-2,6H,3-5H2,(H2,11,12)(H,15,16). The van der Waals surface area contributed by atoms with Crippen LogP contribution in [0.5, 0.6) is 0 Å². The van der Waals surface area contributed by atoms with Gasteiger partial charge in [-0.15, -0.1) is 0 Å². The van der Waals surface area contributed by atoms with E-state index < -0.39 is 16.8 Å². The molecule has 96 valence electrons. The van der Waals surface area contributed by atoms with Gasteiger partial charge in [0, 0.05) is 19.2 Å². The van der Waals surface area contributed by atoms with Crippen molar-refractivity contribution in [2.24, 2.45) is 5.92 Å². The number of aliphatic carboxylic acids is 1. The number of hydrogen-bond acceptors (Lipinski definition) is 6. The highest BCUT2D eigenvalue weighted by Crippen LogP contribution is 2.26. The van der Waals surface area contributed by atoms with Crippen LogP contribution in [0.25, 0.3) is 0 Å². The van der Waals surface area contributed by atoms with Gasteiger partial charge in [0.05, 0.1) is 10.8 Å². The van der Waals surface area contributed by atoms with Gasteiger partial charge in [-0.1, -0.05) is 0 Å². The number of aromatic nitrogens is 1. The predicted molar refractivity (Wildman–Crippen MR) is 63.3 cm³/mol. The number of nitrogens with two attached hydrogens (primary N) is 1. The zero-order valence-corrected chi connectivity index (χ0v) is 9.44. The summed E-state index contributed by atoms with van der Waals surface area (Å²) in [6, 6.07) is 2.77. The molecular weight excluding hydrogens is 240 g/mol. The Balaban J connectivity index is 2.18. The Morgan fingerprint density at radius 2 is 2.33 bits per heavy atom. The van der Waals surface area contributed by atoms with E-state index in [1.165, 1.54) is 12.1 Å². The number of rotatable bonds is 3. The Morgan fingerprint density at radius 3 is 2.83 bits per heavy atom. The van der Waals surface area contributed by atoms with E-state index in [1.54, 1.807) is 4.90 Å². The molecule has 0 saturated carbocycles. The van der Waals surface area contributed by atoms with Gasteiger partial charge in [-0.25, -0.2) is 4.98 Å². The van der Waals surface area contributed by atoms with E-state index in [1.807, 2.05) is 0 Å². The maximum atomic E-state index is 10.8. The van der Waals surface area contributed by atoms with E-state index in [9.17, 15) is 14.9 Å². The van der Waals surface area contributed by atoms with Crippen molar-refractivity contribution in [2.45, 2.75) is 6.42 Å². The molecule has 3 N–H and O–H groups in total. The molecule has 0 amide bonds. The first-order valence-corrected chi connectivity index (χ1v) is 5.37. The Labute approximate surface area is 102 Å². The number of anilines is 2. The predicted octanol–water partition coefficient (Wildman–Crippen LogP) is 0.483. The van der Waals surface area contributed by atoms with E-state index in [4.69, 9.17) is 10.8 Å². The summed E-state index contributed by atoms with van der Waals surface area (Å²) < 4.78 is 0. The molecule has 1 aromatic rings. The maximum Gasteiger partial charge on any atom is 0.311 e. The molecule has 1 atom stereocenters. The molecule has 1 aliphatic rings. The van der Waals surface area contributed by atoms with Crippen molar-refractivity contribution in [2.75, 3.05) is 23.7 Å². The molecule has 8 heteroatoms. The number of nitrogens with zero attached hydrogens (tertiary/aromatic N) is 3. The summed E-state index contributed by atoms with van der Waals surface area (Å²) in [4.78, 5) is 26.5. The van der Waals surface area contributed by atoms with Crippen molar-refractivity contribution in [3.8, 4) is 0 Å². The fourth-order valence-electron chi connectivity index (χ4n) is 1.96. The number of nitrogen functional groups attached to an aromatic ring is 1. The van der Waals surface area contributed by atoms with Gasteiger partial charge in [0.2, 0.25) is 5.82 Å². The average Bonchev–Trinajstić information content (AvgIpc) is 2.77. The summed E-state index contributed by atoms with van der Waals surface area (Å²) >= 11 is 0. The number of carboxylic acids is 1. The molecule has 1 saturated heterocycles. The van der Waals surface area contributed by atoms with E-state index >= 15 is 0 Å². The van der Waals surface area contributed by atoms with Gasteiger partial charge in [-0.3, -0.25) is 14.9 Å². The van der Waals surface area contributed by atoms with E-state index in [-0.39, 0.29) is 11.5 Å². The van der Waals surface area contributed by atoms with Crippen LogP contribution in [-0.4, -0.2) is 34.1 Å². The van der Waals surface area contributed by atoms with Gasteiger partial charge >= 0.3 is 11.7 Å². The molecule has 0 bridgehead atoms. The molecule has 18 heavy (non-hydrogen) atoms. The molecule has 2 heterocycles. The molecule has 0 aliphatic carbocycles. The van der Waals surface area contributed by atoms with Gasteiger partial charge < -0.3 is 15.7 Å². The van der Waals surface area contributed by atoms with Crippen LogP contribution in [0.15, 0.2) is 12.1 Å². The smallest absolute Gasteiger partial charge is 0.311 e. The van der Waals surface area contributed by atoms with Crippen LogP contribution >= 0.6 is 0 Å². The van der Waals surface area contributed by atoms with Crippen LogP contribution < -0.4 is 10.6 Å². The van der Waals surface area contributed by atoms with E-state index in [0.29, 0.717) is 25.3 Å². The van der Waals surface area contributed by atoms with Crippen molar-refractivity contribution in [3.63, 3.8) is 0 Å². The van der Waals surface area contributed by atoms with E-state index in [0.717, 1.165) is 0 Å². The van der Waals surface area contributed by atoms with Gasteiger partial charge in [0.25, 0.3) is 0 Å². The minimum absolute atomic E-state index is 0.156. The van der Waals surface area contributed by atoms with Crippen molar-refractivity contribution in [1.29, 1.82) is 0 Å². The molecule has 0 spiro atoms. The number of carbonyl (C=O) groups is 1. The zero-order chi connectivity index (χ0) is 13.3. The topological polar surface area (TPSA) is 123 Å². The zero-order valence-electron chi connectivity index (χ0n) is 9.44. The minimum Gasteiger partial charge on any atom is -0.481 e. The van der Waals surface area contributed by atoms with Crippen LogP contribution in [0.4, 0.5) is 17.3 Å². The van der Waals surface area contributed by atoms with Crippen LogP contribution in [-0.2, 0) is 4.79 Å². The highest BCUT2D eigenvalue weighted by molar-refractivity contribution is 5.72. The minimum atomic E-state index is -0.840. The van der Waals surface area contributed by atoms with Crippen LogP contribution in [0.2, 0.25) is 0 Å². The molecule has 1 fully saturated rings. The third-order valence-electron chi connectivity index (χ3n) is 2.95. The first-order valence-electron chi connectivity index (χ1n) is 5.37. The third-order valence-corrected chi connectivity index (χ3v) is 2.95. The number of pyridine rings is 1. The summed E-state index contributed by atoms with van der Waals surface area (Å²) in [6.07, 6.45) is 0.536.